The van der Waals surface area contributed by atoms with E-state index in [-0.39, 0.29) is 18.0 Å². The Morgan fingerprint density at radius 2 is 1.94 bits per heavy atom. The largest absolute Gasteiger partial charge is 0.492 e. The molecule has 2 aromatic rings. The molecule has 0 aromatic heterocycles. The van der Waals surface area contributed by atoms with Crippen molar-refractivity contribution in [2.45, 2.75) is 57.2 Å². The monoisotopic (exact) mass is 491 g/mol. The van der Waals surface area contributed by atoms with E-state index in [1.807, 2.05) is 18.2 Å². The van der Waals surface area contributed by atoms with Gasteiger partial charge in [0, 0.05) is 23.6 Å². The maximum Gasteiger partial charge on any atom is 0.416 e. The van der Waals surface area contributed by atoms with Gasteiger partial charge in [0.15, 0.2) is 0 Å². The van der Waals surface area contributed by atoms with E-state index in [1.165, 1.54) is 6.07 Å². The van der Waals surface area contributed by atoms with Gasteiger partial charge in [0.25, 0.3) is 0 Å². The maximum absolute atomic E-state index is 12.9. The van der Waals surface area contributed by atoms with Crippen LogP contribution in [0.15, 0.2) is 42.5 Å². The molecule has 0 saturated carbocycles. The molecule has 8 heteroatoms. The van der Waals surface area contributed by atoms with Crippen LogP contribution in [0.25, 0.3) is 0 Å². The van der Waals surface area contributed by atoms with Crippen molar-refractivity contribution in [3.05, 3.63) is 59.2 Å². The van der Waals surface area contributed by atoms with Crippen molar-refractivity contribution in [3.63, 3.8) is 0 Å². The van der Waals surface area contributed by atoms with Crippen LogP contribution in [-0.2, 0) is 27.7 Å². The van der Waals surface area contributed by atoms with Gasteiger partial charge in [-0.2, -0.15) is 13.2 Å². The Morgan fingerprint density at radius 3 is 2.69 bits per heavy atom. The highest BCUT2D eigenvalue weighted by Gasteiger charge is 2.43. The van der Waals surface area contributed by atoms with E-state index in [9.17, 15) is 18.0 Å². The summed E-state index contributed by atoms with van der Waals surface area (Å²) < 4.78 is 55.8. The molecule has 2 aliphatic heterocycles. The number of ether oxygens (including phenoxy) is 3. The van der Waals surface area contributed by atoms with E-state index in [4.69, 9.17) is 14.2 Å². The zero-order valence-corrected chi connectivity index (χ0v) is 20.0. The van der Waals surface area contributed by atoms with Gasteiger partial charge in [-0.15, -0.1) is 0 Å². The summed E-state index contributed by atoms with van der Waals surface area (Å²) in [6.45, 7) is 5.69. The second-order valence-corrected chi connectivity index (χ2v) is 9.38. The topological polar surface area (TPSA) is 48.0 Å². The van der Waals surface area contributed by atoms with E-state index in [0.717, 1.165) is 62.2 Å². The molecule has 0 atom stereocenters. The van der Waals surface area contributed by atoms with Gasteiger partial charge in [0.05, 0.1) is 25.2 Å². The number of hydrogen-bond donors (Lipinski definition) is 0. The predicted molar refractivity (Wildman–Crippen MR) is 126 cm³/mol. The Kier molecular flexibility index (Phi) is 7.89. The molecule has 0 aliphatic carbocycles. The van der Waals surface area contributed by atoms with E-state index in [0.29, 0.717) is 37.5 Å². The Labute approximate surface area is 204 Å². The first-order valence-electron chi connectivity index (χ1n) is 12.2. The van der Waals surface area contributed by atoms with Gasteiger partial charge >= 0.3 is 12.1 Å². The molecular formula is C27H32F3NO4. The van der Waals surface area contributed by atoms with Crippen molar-refractivity contribution >= 4 is 5.97 Å². The van der Waals surface area contributed by atoms with Crippen molar-refractivity contribution in [1.82, 2.24) is 4.90 Å². The molecule has 1 fully saturated rings. The minimum atomic E-state index is -4.38. The molecule has 0 bridgehead atoms. The summed E-state index contributed by atoms with van der Waals surface area (Å²) in [6.07, 6.45) is -0.176. The molecule has 2 aromatic carbocycles. The minimum Gasteiger partial charge on any atom is -0.492 e. The highest BCUT2D eigenvalue weighted by molar-refractivity contribution is 5.69. The number of alkyl halides is 3. The molecule has 1 saturated heterocycles. The normalized spacial score (nSPS) is 17.1. The fourth-order valence-corrected chi connectivity index (χ4v) is 4.72. The third-order valence-electron chi connectivity index (χ3n) is 6.89. The molecule has 0 unspecified atom stereocenters. The Balaban J connectivity index is 1.30. The lowest BCUT2D eigenvalue weighted by molar-refractivity contribution is -0.144. The van der Waals surface area contributed by atoms with Crippen LogP contribution in [0, 0.1) is 0 Å². The molecule has 0 radical (unpaired) electrons. The van der Waals surface area contributed by atoms with Crippen molar-refractivity contribution in [1.29, 1.82) is 0 Å². The predicted octanol–water partition coefficient (Wildman–Crippen LogP) is 5.74. The van der Waals surface area contributed by atoms with Crippen LogP contribution in [0.4, 0.5) is 13.2 Å². The van der Waals surface area contributed by atoms with E-state index >= 15 is 0 Å². The molecule has 5 nitrogen and oxygen atoms in total. The number of unbranched alkanes of at least 4 members (excludes halogenated alkanes) is 1. The second-order valence-electron chi connectivity index (χ2n) is 9.38. The van der Waals surface area contributed by atoms with E-state index in [2.05, 4.69) is 11.8 Å². The molecule has 1 spiro atoms. The number of benzene rings is 2. The minimum absolute atomic E-state index is 0.0453. The highest BCUT2D eigenvalue weighted by Crippen LogP contribution is 2.46. The van der Waals surface area contributed by atoms with Crippen molar-refractivity contribution < 1.29 is 32.2 Å². The van der Waals surface area contributed by atoms with Gasteiger partial charge in [-0.05, 0) is 56.1 Å². The van der Waals surface area contributed by atoms with Gasteiger partial charge < -0.3 is 19.1 Å². The number of likely N-dealkylation sites (tertiary alicyclic amines) is 1. The molecular weight excluding hydrogens is 459 g/mol. The lowest BCUT2D eigenvalue weighted by atomic mass is 9.74. The Bertz CT molecular complexity index is 1020. The summed E-state index contributed by atoms with van der Waals surface area (Å²) in [4.78, 5) is 14.2. The third kappa shape index (κ3) is 6.28. The maximum atomic E-state index is 12.9. The zero-order chi connectivity index (χ0) is 24.9. The smallest absolute Gasteiger partial charge is 0.416 e. The number of rotatable bonds is 9. The molecule has 0 amide bonds. The summed E-state index contributed by atoms with van der Waals surface area (Å²) in [5.74, 6) is 1.21. The molecule has 0 N–H and O–H groups in total. The van der Waals surface area contributed by atoms with Crippen LogP contribution in [0.1, 0.15) is 55.7 Å². The molecule has 2 aliphatic rings. The average Bonchev–Trinajstić information content (AvgIpc) is 3.19. The van der Waals surface area contributed by atoms with E-state index in [1.54, 1.807) is 6.07 Å². The lowest BCUT2D eigenvalue weighted by Crippen LogP contribution is -2.44. The Hall–Kier alpha value is -2.74. The zero-order valence-electron chi connectivity index (χ0n) is 20.0. The average molecular weight is 492 g/mol. The first-order valence-corrected chi connectivity index (χ1v) is 12.2. The summed E-state index contributed by atoms with van der Waals surface area (Å²) in [6, 6.07) is 10.9. The molecule has 35 heavy (non-hydrogen) atoms. The summed E-state index contributed by atoms with van der Waals surface area (Å²) in [5, 5.41) is 0. The number of halogens is 3. The Morgan fingerprint density at radius 1 is 1.14 bits per heavy atom. The number of carbonyl (C=O) groups is 1. The van der Waals surface area contributed by atoms with Crippen LogP contribution in [-0.4, -0.2) is 43.7 Å². The van der Waals surface area contributed by atoms with Crippen molar-refractivity contribution in [3.8, 4) is 11.5 Å². The van der Waals surface area contributed by atoms with Gasteiger partial charge in [-0.25, -0.2) is 0 Å². The SMILES string of the molecule is CCCCOC(=O)CCN1CCC2(CC1)COc1cc(OCc3cccc(C(F)(F)F)c3)ccc12. The molecule has 190 valence electrons. The summed E-state index contributed by atoms with van der Waals surface area (Å²) in [7, 11) is 0. The number of fused-ring (bicyclic) bond motifs is 2. The van der Waals surface area contributed by atoms with Crippen LogP contribution >= 0.6 is 0 Å². The number of esters is 1. The van der Waals surface area contributed by atoms with Gasteiger partial charge in [0.2, 0.25) is 0 Å². The third-order valence-corrected chi connectivity index (χ3v) is 6.89. The van der Waals surface area contributed by atoms with Crippen LogP contribution < -0.4 is 9.47 Å². The molecule has 2 heterocycles. The summed E-state index contributed by atoms with van der Waals surface area (Å²) in [5.41, 5.74) is 0.881. The van der Waals surface area contributed by atoms with Gasteiger partial charge in [-0.1, -0.05) is 31.5 Å². The number of carbonyl (C=O) groups excluding carboxylic acids is 1. The van der Waals surface area contributed by atoms with Gasteiger partial charge in [0.1, 0.15) is 18.1 Å². The first-order chi connectivity index (χ1) is 16.8. The lowest BCUT2D eigenvalue weighted by Gasteiger charge is -2.38. The summed E-state index contributed by atoms with van der Waals surface area (Å²) >= 11 is 0. The van der Waals surface area contributed by atoms with Crippen LogP contribution in [0.5, 0.6) is 11.5 Å². The fourth-order valence-electron chi connectivity index (χ4n) is 4.72. The quantitative estimate of drug-likeness (QED) is 0.331. The van der Waals surface area contributed by atoms with Crippen LogP contribution in [0.2, 0.25) is 0 Å². The first kappa shape index (κ1) is 25.4. The number of nitrogens with zero attached hydrogens (tertiary/aromatic N) is 1. The van der Waals surface area contributed by atoms with Crippen molar-refractivity contribution in [2.75, 3.05) is 32.8 Å². The number of piperidine rings is 1. The van der Waals surface area contributed by atoms with Crippen LogP contribution in [0.3, 0.4) is 0 Å². The second kappa shape index (κ2) is 10.9. The standard InChI is InChI=1S/C27H32F3NO4/c1-2-3-15-33-25(32)9-12-31-13-10-26(11-14-31)19-35-24-17-22(7-8-23(24)26)34-18-20-5-4-6-21(16-20)27(28,29)30/h4-8,16-17H,2-3,9-15,18-19H2,1H3. The highest BCUT2D eigenvalue weighted by atomic mass is 19.4. The fraction of sp³-hybridized carbons (Fsp3) is 0.519. The van der Waals surface area contributed by atoms with E-state index < -0.39 is 11.7 Å². The van der Waals surface area contributed by atoms with Gasteiger partial charge in [-0.3, -0.25) is 4.79 Å². The number of hydrogen-bond acceptors (Lipinski definition) is 5. The molecule has 4 rings (SSSR count). The van der Waals surface area contributed by atoms with Crippen molar-refractivity contribution in [2.24, 2.45) is 0 Å².